The summed E-state index contributed by atoms with van der Waals surface area (Å²) in [6.45, 7) is 2.76. The maximum atomic E-state index is 13.0. The lowest BCUT2D eigenvalue weighted by Gasteiger charge is -2.40. The van der Waals surface area contributed by atoms with E-state index in [4.69, 9.17) is 0 Å². The van der Waals surface area contributed by atoms with Crippen LogP contribution < -0.4 is 0 Å². The third kappa shape index (κ3) is 3.71. The van der Waals surface area contributed by atoms with E-state index in [0.29, 0.717) is 12.1 Å². The summed E-state index contributed by atoms with van der Waals surface area (Å²) in [5.74, 6) is -0.0943. The van der Waals surface area contributed by atoms with E-state index in [1.54, 1.807) is 21.7 Å². The van der Waals surface area contributed by atoms with Gasteiger partial charge in [-0.05, 0) is 37.3 Å². The SMILES string of the molecule is Cc1cc(C2CN(C(=O)c3ccccc3)CCN2C(=O)O)n(-c2ccccc2)n1. The number of piperazine rings is 1. The molecule has 4 rings (SSSR count). The van der Waals surface area contributed by atoms with Crippen molar-refractivity contribution >= 4 is 12.0 Å². The van der Waals surface area contributed by atoms with E-state index in [1.807, 2.05) is 61.5 Å². The van der Waals surface area contributed by atoms with Crippen LogP contribution in [-0.4, -0.2) is 56.3 Å². The van der Waals surface area contributed by atoms with Crippen molar-refractivity contribution in [3.63, 3.8) is 0 Å². The van der Waals surface area contributed by atoms with Gasteiger partial charge < -0.3 is 10.0 Å². The predicted octanol–water partition coefficient (Wildman–Crippen LogP) is 3.36. The highest BCUT2D eigenvalue weighted by Crippen LogP contribution is 2.29. The molecule has 0 radical (unpaired) electrons. The number of carbonyl (C=O) groups is 2. The molecule has 3 aromatic rings. The minimum atomic E-state index is -1.000. The van der Waals surface area contributed by atoms with E-state index in [1.165, 1.54) is 4.90 Å². The number of carboxylic acid groups (broad SMARTS) is 1. The van der Waals surface area contributed by atoms with Crippen molar-refractivity contribution in [3.8, 4) is 5.69 Å². The summed E-state index contributed by atoms with van der Waals surface area (Å²) in [7, 11) is 0. The molecule has 2 heterocycles. The van der Waals surface area contributed by atoms with Crippen LogP contribution in [0.25, 0.3) is 5.69 Å². The third-order valence-corrected chi connectivity index (χ3v) is 5.14. The number of benzene rings is 2. The Balaban J connectivity index is 1.70. The maximum absolute atomic E-state index is 13.0. The molecular weight excluding hydrogens is 368 g/mol. The van der Waals surface area contributed by atoms with Gasteiger partial charge in [-0.3, -0.25) is 9.69 Å². The van der Waals surface area contributed by atoms with Gasteiger partial charge in [-0.15, -0.1) is 0 Å². The highest BCUT2D eigenvalue weighted by Gasteiger charge is 2.36. The molecule has 0 bridgehead atoms. The third-order valence-electron chi connectivity index (χ3n) is 5.14. The van der Waals surface area contributed by atoms with E-state index in [-0.39, 0.29) is 19.0 Å². The van der Waals surface area contributed by atoms with Gasteiger partial charge in [0.15, 0.2) is 0 Å². The van der Waals surface area contributed by atoms with Crippen molar-refractivity contribution in [1.29, 1.82) is 0 Å². The molecule has 1 aromatic heterocycles. The smallest absolute Gasteiger partial charge is 0.407 e. The normalized spacial score (nSPS) is 16.7. The molecule has 1 unspecified atom stereocenters. The van der Waals surface area contributed by atoms with Crippen LogP contribution in [0.1, 0.15) is 27.8 Å². The zero-order chi connectivity index (χ0) is 20.4. The van der Waals surface area contributed by atoms with Crippen LogP contribution in [0.15, 0.2) is 66.7 Å². The summed E-state index contributed by atoms with van der Waals surface area (Å²) in [6, 6.07) is 20.1. The van der Waals surface area contributed by atoms with Crippen LogP contribution in [0.2, 0.25) is 0 Å². The second-order valence-electron chi connectivity index (χ2n) is 7.07. The standard InChI is InChI=1S/C22H22N4O3/c1-16-14-19(26(23-16)18-10-6-3-7-11-18)20-15-24(12-13-25(20)22(28)29)21(27)17-8-4-2-5-9-17/h2-11,14,20H,12-13,15H2,1H3,(H,28,29). The predicted molar refractivity (Wildman–Crippen MR) is 108 cm³/mol. The zero-order valence-corrected chi connectivity index (χ0v) is 16.1. The molecule has 2 aromatic carbocycles. The summed E-state index contributed by atoms with van der Waals surface area (Å²) in [5.41, 5.74) is 3.00. The van der Waals surface area contributed by atoms with Crippen molar-refractivity contribution in [2.75, 3.05) is 19.6 Å². The summed E-state index contributed by atoms with van der Waals surface area (Å²) in [6.07, 6.45) is -1.000. The van der Waals surface area contributed by atoms with Crippen LogP contribution in [0, 0.1) is 6.92 Å². The van der Waals surface area contributed by atoms with Crippen molar-refractivity contribution < 1.29 is 14.7 Å². The first-order valence-corrected chi connectivity index (χ1v) is 9.50. The molecule has 1 fully saturated rings. The fourth-order valence-electron chi connectivity index (χ4n) is 3.75. The maximum Gasteiger partial charge on any atom is 0.407 e. The number of para-hydroxylation sites is 1. The van der Waals surface area contributed by atoms with Crippen molar-refractivity contribution in [3.05, 3.63) is 83.7 Å². The Morgan fingerprint density at radius 2 is 1.66 bits per heavy atom. The van der Waals surface area contributed by atoms with Crippen LogP contribution in [0.5, 0.6) is 0 Å². The highest BCUT2D eigenvalue weighted by molar-refractivity contribution is 5.94. The first-order valence-electron chi connectivity index (χ1n) is 9.50. The van der Waals surface area contributed by atoms with Crippen molar-refractivity contribution in [2.45, 2.75) is 13.0 Å². The molecule has 0 spiro atoms. The molecule has 7 heteroatoms. The van der Waals surface area contributed by atoms with Gasteiger partial charge in [-0.25, -0.2) is 9.48 Å². The first kappa shape index (κ1) is 18.7. The van der Waals surface area contributed by atoms with Crippen molar-refractivity contribution in [2.24, 2.45) is 0 Å². The van der Waals surface area contributed by atoms with Crippen molar-refractivity contribution in [1.82, 2.24) is 19.6 Å². The fraction of sp³-hybridized carbons (Fsp3) is 0.227. The Bertz CT molecular complexity index is 1020. The number of aromatic nitrogens is 2. The molecule has 0 aliphatic carbocycles. The summed E-state index contributed by atoms with van der Waals surface area (Å²) in [5, 5.41) is 14.3. The van der Waals surface area contributed by atoms with Crippen LogP contribution in [-0.2, 0) is 0 Å². The van der Waals surface area contributed by atoms with E-state index in [9.17, 15) is 14.7 Å². The van der Waals surface area contributed by atoms with Crippen LogP contribution in [0.4, 0.5) is 4.79 Å². The minimum Gasteiger partial charge on any atom is -0.465 e. The summed E-state index contributed by atoms with van der Waals surface area (Å²) >= 11 is 0. The Morgan fingerprint density at radius 3 is 2.31 bits per heavy atom. The molecule has 1 atom stereocenters. The molecule has 1 aliphatic rings. The lowest BCUT2D eigenvalue weighted by Crippen LogP contribution is -2.52. The Kier molecular flexibility index (Phi) is 5.03. The molecule has 1 aliphatic heterocycles. The number of carbonyl (C=O) groups excluding carboxylic acids is 1. The molecule has 2 amide bonds. The van der Waals surface area contributed by atoms with Gasteiger partial charge in [0.2, 0.25) is 0 Å². The fourth-order valence-corrected chi connectivity index (χ4v) is 3.75. The zero-order valence-electron chi connectivity index (χ0n) is 16.1. The second kappa shape index (κ2) is 7.79. The second-order valence-corrected chi connectivity index (χ2v) is 7.07. The van der Waals surface area contributed by atoms with Crippen LogP contribution >= 0.6 is 0 Å². The van der Waals surface area contributed by atoms with Crippen LogP contribution in [0.3, 0.4) is 0 Å². The molecule has 7 nitrogen and oxygen atoms in total. The number of hydrogen-bond acceptors (Lipinski definition) is 3. The number of rotatable bonds is 3. The molecule has 148 valence electrons. The van der Waals surface area contributed by atoms with Gasteiger partial charge in [-0.2, -0.15) is 5.10 Å². The topological polar surface area (TPSA) is 78.7 Å². The van der Waals surface area contributed by atoms with E-state index < -0.39 is 12.1 Å². The Hall–Kier alpha value is -3.61. The summed E-state index contributed by atoms with van der Waals surface area (Å²) < 4.78 is 1.77. The van der Waals surface area contributed by atoms with Gasteiger partial charge in [0.05, 0.1) is 23.1 Å². The van der Waals surface area contributed by atoms with Gasteiger partial charge in [0.25, 0.3) is 5.91 Å². The number of hydrogen-bond donors (Lipinski definition) is 1. The molecular formula is C22H22N4O3. The number of aryl methyl sites for hydroxylation is 1. The lowest BCUT2D eigenvalue weighted by atomic mass is 10.1. The number of nitrogens with zero attached hydrogens (tertiary/aromatic N) is 4. The van der Waals surface area contributed by atoms with E-state index in [0.717, 1.165) is 17.1 Å². The van der Waals surface area contributed by atoms with Gasteiger partial charge in [0, 0.05) is 25.2 Å². The Labute approximate surface area is 168 Å². The van der Waals surface area contributed by atoms with E-state index in [2.05, 4.69) is 5.10 Å². The van der Waals surface area contributed by atoms with E-state index >= 15 is 0 Å². The monoisotopic (exact) mass is 390 g/mol. The quantitative estimate of drug-likeness (QED) is 0.744. The molecule has 0 saturated carbocycles. The Morgan fingerprint density at radius 1 is 1.00 bits per heavy atom. The van der Waals surface area contributed by atoms with Gasteiger partial charge in [0.1, 0.15) is 0 Å². The lowest BCUT2D eigenvalue weighted by molar-refractivity contribution is 0.0462. The highest BCUT2D eigenvalue weighted by atomic mass is 16.4. The average Bonchev–Trinajstić information content (AvgIpc) is 3.15. The van der Waals surface area contributed by atoms with Gasteiger partial charge >= 0.3 is 6.09 Å². The average molecular weight is 390 g/mol. The number of amides is 2. The largest absolute Gasteiger partial charge is 0.465 e. The minimum absolute atomic E-state index is 0.0943. The molecule has 1 N–H and O–H groups in total. The molecule has 29 heavy (non-hydrogen) atoms. The summed E-state index contributed by atoms with van der Waals surface area (Å²) in [4.78, 5) is 28.0. The van der Waals surface area contributed by atoms with Gasteiger partial charge in [-0.1, -0.05) is 36.4 Å². The molecule has 1 saturated heterocycles. The first-order chi connectivity index (χ1) is 14.0.